The van der Waals surface area contributed by atoms with Crippen LogP contribution in [0.5, 0.6) is 5.75 Å². The van der Waals surface area contributed by atoms with Gasteiger partial charge in [-0.1, -0.05) is 24.3 Å². The molecule has 22 heavy (non-hydrogen) atoms. The van der Waals surface area contributed by atoms with Gasteiger partial charge >= 0.3 is 0 Å². The fourth-order valence-electron chi connectivity index (χ4n) is 2.64. The average Bonchev–Trinajstić information content (AvgIpc) is 2.56. The molecule has 0 fully saturated rings. The minimum Gasteiger partial charge on any atom is -0.494 e. The van der Waals surface area contributed by atoms with Crippen molar-refractivity contribution in [2.24, 2.45) is 0 Å². The first-order chi connectivity index (χ1) is 10.8. The van der Waals surface area contributed by atoms with Crippen LogP contribution in [0, 0.1) is 0 Å². The Hall–Kier alpha value is -2.55. The number of hydrogen-bond acceptors (Lipinski definition) is 3. The van der Waals surface area contributed by atoms with Crippen LogP contribution in [0.1, 0.15) is 29.3 Å². The standard InChI is InChI=1S/C19H19NO2/c1-2-22-17-11-9-16(10-12-17)20-13-15-8-7-14-5-3-4-6-18(14)19(15)21/h3-6,9-13,20H,2,7-8H2,1H3. The third-order valence-corrected chi connectivity index (χ3v) is 3.80. The van der Waals surface area contributed by atoms with E-state index >= 15 is 0 Å². The van der Waals surface area contributed by atoms with Crippen LogP contribution in [0.3, 0.4) is 0 Å². The van der Waals surface area contributed by atoms with Crippen LogP contribution in [0.15, 0.2) is 60.3 Å². The maximum Gasteiger partial charge on any atom is 0.190 e. The van der Waals surface area contributed by atoms with Crippen molar-refractivity contribution in [2.75, 3.05) is 11.9 Å². The predicted octanol–water partition coefficient (Wildman–Crippen LogP) is 4.21. The molecule has 0 heterocycles. The van der Waals surface area contributed by atoms with E-state index in [9.17, 15) is 4.79 Å². The highest BCUT2D eigenvalue weighted by Crippen LogP contribution is 2.25. The molecule has 0 saturated carbocycles. The highest BCUT2D eigenvalue weighted by atomic mass is 16.5. The topological polar surface area (TPSA) is 38.3 Å². The van der Waals surface area contributed by atoms with Gasteiger partial charge in [0.15, 0.2) is 5.78 Å². The summed E-state index contributed by atoms with van der Waals surface area (Å²) in [7, 11) is 0. The summed E-state index contributed by atoms with van der Waals surface area (Å²) < 4.78 is 5.41. The van der Waals surface area contributed by atoms with E-state index in [1.54, 1.807) is 0 Å². The molecule has 3 rings (SSSR count). The Morgan fingerprint density at radius 3 is 2.64 bits per heavy atom. The molecule has 0 amide bonds. The fourth-order valence-corrected chi connectivity index (χ4v) is 2.64. The van der Waals surface area contributed by atoms with Gasteiger partial charge in [0.2, 0.25) is 0 Å². The zero-order valence-corrected chi connectivity index (χ0v) is 12.6. The normalized spacial score (nSPS) is 15.5. The van der Waals surface area contributed by atoms with Crippen molar-refractivity contribution >= 4 is 11.5 Å². The molecule has 0 bridgehead atoms. The first-order valence-electron chi connectivity index (χ1n) is 7.59. The lowest BCUT2D eigenvalue weighted by molar-refractivity contribution is 0.102. The molecule has 0 unspecified atom stereocenters. The minimum absolute atomic E-state index is 0.125. The number of carbonyl (C=O) groups excluding carboxylic acids is 1. The highest BCUT2D eigenvalue weighted by Gasteiger charge is 2.20. The molecule has 3 nitrogen and oxygen atoms in total. The molecule has 0 spiro atoms. The smallest absolute Gasteiger partial charge is 0.190 e. The van der Waals surface area contributed by atoms with Crippen LogP contribution in [0.4, 0.5) is 5.69 Å². The SMILES string of the molecule is CCOc1ccc(NC=C2CCc3ccccc3C2=O)cc1. The number of rotatable bonds is 4. The van der Waals surface area contributed by atoms with Crippen molar-refractivity contribution in [3.05, 3.63) is 71.4 Å². The summed E-state index contributed by atoms with van der Waals surface area (Å²) in [5, 5.41) is 3.21. The van der Waals surface area contributed by atoms with Crippen LogP contribution < -0.4 is 10.1 Å². The Bertz CT molecular complexity index is 702. The van der Waals surface area contributed by atoms with Gasteiger partial charge in [-0.3, -0.25) is 4.79 Å². The fraction of sp³-hybridized carbons (Fsp3) is 0.211. The molecule has 1 aliphatic carbocycles. The van der Waals surface area contributed by atoms with E-state index in [0.29, 0.717) is 6.61 Å². The van der Waals surface area contributed by atoms with Crippen LogP contribution in [-0.4, -0.2) is 12.4 Å². The molecule has 0 radical (unpaired) electrons. The van der Waals surface area contributed by atoms with Gasteiger partial charge in [0, 0.05) is 23.0 Å². The molecule has 2 aromatic rings. The zero-order chi connectivity index (χ0) is 15.4. The number of aryl methyl sites for hydroxylation is 1. The summed E-state index contributed by atoms with van der Waals surface area (Å²) in [4.78, 5) is 12.4. The number of anilines is 1. The number of benzene rings is 2. The second-order valence-electron chi connectivity index (χ2n) is 5.26. The zero-order valence-electron chi connectivity index (χ0n) is 12.6. The van der Waals surface area contributed by atoms with Gasteiger partial charge in [-0.25, -0.2) is 0 Å². The summed E-state index contributed by atoms with van der Waals surface area (Å²) >= 11 is 0. The molecule has 0 aromatic heterocycles. The van der Waals surface area contributed by atoms with Crippen LogP contribution in [-0.2, 0) is 6.42 Å². The number of hydrogen-bond donors (Lipinski definition) is 1. The van der Waals surface area contributed by atoms with Crippen molar-refractivity contribution in [3.8, 4) is 5.75 Å². The van der Waals surface area contributed by atoms with Crippen molar-refractivity contribution in [3.63, 3.8) is 0 Å². The first-order valence-corrected chi connectivity index (χ1v) is 7.59. The highest BCUT2D eigenvalue weighted by molar-refractivity contribution is 6.10. The van der Waals surface area contributed by atoms with Crippen molar-refractivity contribution in [1.29, 1.82) is 0 Å². The number of nitrogens with one attached hydrogen (secondary N) is 1. The first kappa shape index (κ1) is 14.4. The van der Waals surface area contributed by atoms with Crippen LogP contribution >= 0.6 is 0 Å². The third kappa shape index (κ3) is 3.03. The predicted molar refractivity (Wildman–Crippen MR) is 88.4 cm³/mol. The monoisotopic (exact) mass is 293 g/mol. The van der Waals surface area contributed by atoms with Gasteiger partial charge in [-0.15, -0.1) is 0 Å². The van der Waals surface area contributed by atoms with E-state index in [4.69, 9.17) is 4.74 Å². The van der Waals surface area contributed by atoms with E-state index < -0.39 is 0 Å². The molecular formula is C19H19NO2. The van der Waals surface area contributed by atoms with Crippen molar-refractivity contribution < 1.29 is 9.53 Å². The Kier molecular flexibility index (Phi) is 4.24. The lowest BCUT2D eigenvalue weighted by atomic mass is 9.87. The molecule has 0 aliphatic heterocycles. The third-order valence-electron chi connectivity index (χ3n) is 3.80. The summed E-state index contributed by atoms with van der Waals surface area (Å²) in [5.74, 6) is 0.976. The molecule has 112 valence electrons. The number of Topliss-reactive ketones (excluding diaryl/α,β-unsaturated/α-hetero) is 1. The van der Waals surface area contributed by atoms with Crippen LogP contribution in [0.25, 0.3) is 0 Å². The van der Waals surface area contributed by atoms with E-state index in [2.05, 4.69) is 5.32 Å². The van der Waals surface area contributed by atoms with E-state index in [-0.39, 0.29) is 5.78 Å². The quantitative estimate of drug-likeness (QED) is 0.858. The van der Waals surface area contributed by atoms with Crippen molar-refractivity contribution in [1.82, 2.24) is 0 Å². The summed E-state index contributed by atoms with van der Waals surface area (Å²) in [6.45, 7) is 2.62. The molecule has 2 aromatic carbocycles. The summed E-state index contributed by atoms with van der Waals surface area (Å²) in [5.41, 5.74) is 3.74. The number of ether oxygens (including phenoxy) is 1. The average molecular weight is 293 g/mol. The lowest BCUT2D eigenvalue weighted by Gasteiger charge is -2.17. The van der Waals surface area contributed by atoms with Crippen molar-refractivity contribution in [2.45, 2.75) is 19.8 Å². The molecular weight excluding hydrogens is 274 g/mol. The van der Waals surface area contributed by atoms with Gasteiger partial charge in [-0.05, 0) is 49.6 Å². The van der Waals surface area contributed by atoms with E-state index in [0.717, 1.165) is 41.0 Å². The largest absolute Gasteiger partial charge is 0.494 e. The number of allylic oxidation sites excluding steroid dienone is 1. The maximum absolute atomic E-state index is 12.4. The van der Waals surface area contributed by atoms with Gasteiger partial charge in [0.05, 0.1) is 6.61 Å². The number of ketones is 1. The Balaban J connectivity index is 1.72. The number of fused-ring (bicyclic) bond motifs is 1. The molecule has 1 aliphatic rings. The molecule has 0 atom stereocenters. The van der Waals surface area contributed by atoms with Crippen LogP contribution in [0.2, 0.25) is 0 Å². The van der Waals surface area contributed by atoms with Gasteiger partial charge in [0.25, 0.3) is 0 Å². The lowest BCUT2D eigenvalue weighted by Crippen LogP contribution is -2.14. The van der Waals surface area contributed by atoms with E-state index in [1.807, 2.05) is 61.7 Å². The Labute approximate surface area is 130 Å². The number of carbonyl (C=O) groups is 1. The second-order valence-corrected chi connectivity index (χ2v) is 5.26. The molecule has 3 heteroatoms. The van der Waals surface area contributed by atoms with Gasteiger partial charge < -0.3 is 10.1 Å². The molecule has 0 saturated heterocycles. The van der Waals surface area contributed by atoms with Gasteiger partial charge in [-0.2, -0.15) is 0 Å². The summed E-state index contributed by atoms with van der Waals surface area (Å²) in [6.07, 6.45) is 3.52. The summed E-state index contributed by atoms with van der Waals surface area (Å²) in [6, 6.07) is 15.6. The Morgan fingerprint density at radius 2 is 1.86 bits per heavy atom. The van der Waals surface area contributed by atoms with Gasteiger partial charge in [0.1, 0.15) is 5.75 Å². The van der Waals surface area contributed by atoms with E-state index in [1.165, 1.54) is 0 Å². The second kappa shape index (κ2) is 6.48. The minimum atomic E-state index is 0.125. The Morgan fingerprint density at radius 1 is 1.09 bits per heavy atom. The maximum atomic E-state index is 12.4. The molecule has 1 N–H and O–H groups in total.